The first-order chi connectivity index (χ1) is 20.0. The molecule has 4 unspecified atom stereocenters. The molecule has 10 atom stereocenters. The summed E-state index contributed by atoms with van der Waals surface area (Å²) in [5, 5.41) is 72.4. The van der Waals surface area contributed by atoms with E-state index in [2.05, 4.69) is 0 Å². The number of aliphatic hydroxyl groups excluding tert-OH is 5. The molecule has 0 radical (unpaired) electrons. The van der Waals surface area contributed by atoms with Crippen molar-refractivity contribution in [2.24, 2.45) is 0 Å². The van der Waals surface area contributed by atoms with Crippen LogP contribution in [0.25, 0.3) is 0 Å². The first kappa shape index (κ1) is 30.3. The van der Waals surface area contributed by atoms with Crippen molar-refractivity contribution in [3.8, 4) is 28.7 Å². The number of Topliss-reactive ketones (excluding diaryl/α,β-unsaturated/α-hetero) is 1. The molecule has 7 N–H and O–H groups in total. The lowest BCUT2D eigenvalue weighted by atomic mass is 9.95. The van der Waals surface area contributed by atoms with E-state index < -0.39 is 79.6 Å². The van der Waals surface area contributed by atoms with Crippen molar-refractivity contribution >= 4 is 5.78 Å². The fourth-order valence-corrected chi connectivity index (χ4v) is 5.22. The monoisotopic (exact) mass is 594 g/mol. The standard InChI is InChI=1S/C28H34O14/c1-11-5-17(32)23(33)27(39-11)38-10-21-24(34)25(35)26(36)28(42-21)40-13-7-15(30)22-16(31)9-19(41-20(22)8-13)12-3-4-18(37-2)14(29)6-12/h3-4,6-8,11,17,19,21,23-30,32-36H,5,9-10H2,1-2H3/t11?,17?,19-,21?,23-,24+,25?,26-,27+,28+/m0/s1. The SMILES string of the molecule is COc1ccc([C@@H]2CC(=O)c3c(O)cc(O[C@@H]4OC(CO[C@@H]5OC(C)CC(O)[C@@H]5O)[C@@H](O)C(O)[C@@H]4O)cc3O2)cc1O. The highest BCUT2D eigenvalue weighted by Gasteiger charge is 2.46. The van der Waals surface area contributed by atoms with Crippen molar-refractivity contribution in [2.45, 2.75) is 81.2 Å². The number of hydrogen-bond acceptors (Lipinski definition) is 14. The summed E-state index contributed by atoms with van der Waals surface area (Å²) in [7, 11) is 1.40. The number of benzene rings is 2. The third-order valence-corrected chi connectivity index (χ3v) is 7.51. The van der Waals surface area contributed by atoms with E-state index in [1.54, 1.807) is 13.0 Å². The Kier molecular flexibility index (Phi) is 8.78. The van der Waals surface area contributed by atoms with Crippen LogP contribution >= 0.6 is 0 Å². The lowest BCUT2D eigenvalue weighted by Crippen LogP contribution is -2.60. The van der Waals surface area contributed by atoms with Gasteiger partial charge in [0.1, 0.15) is 59.4 Å². The molecule has 0 aromatic heterocycles. The summed E-state index contributed by atoms with van der Waals surface area (Å²) in [5.41, 5.74) is 0.406. The molecule has 0 spiro atoms. The van der Waals surface area contributed by atoms with Gasteiger partial charge >= 0.3 is 0 Å². The van der Waals surface area contributed by atoms with Crippen molar-refractivity contribution < 1.29 is 69.0 Å². The van der Waals surface area contributed by atoms with E-state index in [1.807, 2.05) is 0 Å². The number of carbonyl (C=O) groups excluding carboxylic acids is 1. The third-order valence-electron chi connectivity index (χ3n) is 7.51. The van der Waals surface area contributed by atoms with Crippen LogP contribution in [-0.2, 0) is 14.2 Å². The number of hydrogen-bond donors (Lipinski definition) is 7. The predicted molar refractivity (Wildman–Crippen MR) is 139 cm³/mol. The predicted octanol–water partition coefficient (Wildman–Crippen LogP) is -0.127. The molecule has 42 heavy (non-hydrogen) atoms. The van der Waals surface area contributed by atoms with Crippen LogP contribution < -0.4 is 14.2 Å². The zero-order valence-electron chi connectivity index (χ0n) is 22.8. The van der Waals surface area contributed by atoms with Crippen molar-refractivity contribution in [3.63, 3.8) is 0 Å². The van der Waals surface area contributed by atoms with Crippen LogP contribution in [0, 0.1) is 0 Å². The van der Waals surface area contributed by atoms with Gasteiger partial charge in [0.25, 0.3) is 0 Å². The average Bonchev–Trinajstić information content (AvgIpc) is 2.94. The molecule has 3 aliphatic heterocycles. The van der Waals surface area contributed by atoms with E-state index in [-0.39, 0.29) is 41.4 Å². The summed E-state index contributed by atoms with van der Waals surface area (Å²) >= 11 is 0. The highest BCUT2D eigenvalue weighted by Crippen LogP contribution is 2.43. The van der Waals surface area contributed by atoms with E-state index in [4.69, 9.17) is 28.4 Å². The van der Waals surface area contributed by atoms with Crippen molar-refractivity contribution in [1.82, 2.24) is 0 Å². The van der Waals surface area contributed by atoms with E-state index in [0.717, 1.165) is 6.07 Å². The smallest absolute Gasteiger partial charge is 0.229 e. The van der Waals surface area contributed by atoms with E-state index >= 15 is 0 Å². The highest BCUT2D eigenvalue weighted by atomic mass is 16.7. The largest absolute Gasteiger partial charge is 0.507 e. The van der Waals surface area contributed by atoms with Crippen molar-refractivity contribution in [2.75, 3.05) is 13.7 Å². The van der Waals surface area contributed by atoms with Gasteiger partial charge in [-0.3, -0.25) is 4.79 Å². The average molecular weight is 595 g/mol. The van der Waals surface area contributed by atoms with Gasteiger partial charge in [0.15, 0.2) is 23.6 Å². The van der Waals surface area contributed by atoms with Crippen LogP contribution in [0.1, 0.15) is 41.8 Å². The molecule has 2 fully saturated rings. The molecule has 3 heterocycles. The maximum absolute atomic E-state index is 12.9. The molecular weight excluding hydrogens is 560 g/mol. The molecule has 2 aromatic rings. The Bertz CT molecular complexity index is 1290. The van der Waals surface area contributed by atoms with Crippen LogP contribution in [0.4, 0.5) is 0 Å². The number of phenolic OH excluding ortho intramolecular Hbond substituents is 2. The molecule has 0 saturated carbocycles. The van der Waals surface area contributed by atoms with E-state index in [0.29, 0.717) is 5.56 Å². The Morgan fingerprint density at radius 3 is 2.38 bits per heavy atom. The second kappa shape index (κ2) is 12.2. The minimum atomic E-state index is -1.73. The lowest BCUT2D eigenvalue weighted by Gasteiger charge is -2.41. The number of phenols is 2. The minimum absolute atomic E-state index is 0.0246. The van der Waals surface area contributed by atoms with Gasteiger partial charge in [0.2, 0.25) is 6.29 Å². The van der Waals surface area contributed by atoms with Crippen molar-refractivity contribution in [3.05, 3.63) is 41.5 Å². The Labute approximate surface area is 240 Å². The van der Waals surface area contributed by atoms with Crippen molar-refractivity contribution in [1.29, 1.82) is 0 Å². The number of rotatable bonds is 7. The maximum atomic E-state index is 12.9. The summed E-state index contributed by atoms with van der Waals surface area (Å²) in [6, 6.07) is 6.98. The first-order valence-electron chi connectivity index (χ1n) is 13.4. The van der Waals surface area contributed by atoms with Crippen LogP contribution in [-0.4, -0.2) is 111 Å². The van der Waals surface area contributed by atoms with Gasteiger partial charge in [-0.2, -0.15) is 0 Å². The molecule has 0 amide bonds. The fourth-order valence-electron chi connectivity index (χ4n) is 5.22. The number of methoxy groups -OCH3 is 1. The second-order valence-electron chi connectivity index (χ2n) is 10.6. The number of fused-ring (bicyclic) bond motifs is 1. The molecule has 2 aromatic carbocycles. The molecule has 230 valence electrons. The highest BCUT2D eigenvalue weighted by molar-refractivity contribution is 6.02. The molecular formula is C28H34O14. The zero-order chi connectivity index (χ0) is 30.3. The molecule has 2 saturated heterocycles. The van der Waals surface area contributed by atoms with Gasteiger partial charge in [0.05, 0.1) is 32.3 Å². The number of ether oxygens (including phenoxy) is 6. The number of aromatic hydroxyl groups is 2. The van der Waals surface area contributed by atoms with E-state index in [1.165, 1.54) is 25.3 Å². The summed E-state index contributed by atoms with van der Waals surface area (Å²) in [6.45, 7) is 1.28. The van der Waals surface area contributed by atoms with E-state index in [9.17, 15) is 40.5 Å². The molecule has 14 nitrogen and oxygen atoms in total. The Morgan fingerprint density at radius 1 is 0.905 bits per heavy atom. The molecule has 3 aliphatic rings. The number of aliphatic hydroxyl groups is 5. The lowest BCUT2D eigenvalue weighted by molar-refractivity contribution is -0.306. The molecule has 14 heteroatoms. The fraction of sp³-hybridized carbons (Fsp3) is 0.536. The topological polar surface area (TPSA) is 214 Å². The van der Waals surface area contributed by atoms with Gasteiger partial charge in [-0.15, -0.1) is 0 Å². The number of ketones is 1. The minimum Gasteiger partial charge on any atom is -0.507 e. The maximum Gasteiger partial charge on any atom is 0.229 e. The summed E-state index contributed by atoms with van der Waals surface area (Å²) in [4.78, 5) is 12.9. The van der Waals surface area contributed by atoms with Gasteiger partial charge in [-0.1, -0.05) is 6.07 Å². The van der Waals surface area contributed by atoms with Crippen LogP contribution in [0.15, 0.2) is 30.3 Å². The summed E-state index contributed by atoms with van der Waals surface area (Å²) in [5.74, 6) is -0.890. The van der Waals surface area contributed by atoms with Crippen LogP contribution in [0.2, 0.25) is 0 Å². The molecule has 5 rings (SSSR count). The summed E-state index contributed by atoms with van der Waals surface area (Å²) < 4.78 is 33.4. The van der Waals surface area contributed by atoms with Crippen LogP contribution in [0.5, 0.6) is 28.7 Å². The molecule has 0 bridgehead atoms. The Hall–Kier alpha value is -3.21. The quantitative estimate of drug-likeness (QED) is 0.223. The first-order valence-corrected chi connectivity index (χ1v) is 13.4. The second-order valence-corrected chi connectivity index (χ2v) is 10.6. The van der Waals surface area contributed by atoms with Crippen LogP contribution in [0.3, 0.4) is 0 Å². The van der Waals surface area contributed by atoms with Gasteiger partial charge in [-0.05, 0) is 24.6 Å². The molecule has 0 aliphatic carbocycles. The normalized spacial score (nSPS) is 34.8. The third kappa shape index (κ3) is 5.98. The Balaban J connectivity index is 1.31. The van der Waals surface area contributed by atoms with Gasteiger partial charge in [-0.25, -0.2) is 0 Å². The summed E-state index contributed by atoms with van der Waals surface area (Å²) in [6.07, 6.45) is -12.7. The van der Waals surface area contributed by atoms with Gasteiger partial charge in [0, 0.05) is 18.6 Å². The Morgan fingerprint density at radius 2 is 1.67 bits per heavy atom. The number of carbonyl (C=O) groups is 1. The van der Waals surface area contributed by atoms with Gasteiger partial charge < -0.3 is 64.2 Å². The zero-order valence-corrected chi connectivity index (χ0v) is 22.8.